The summed E-state index contributed by atoms with van der Waals surface area (Å²) in [6.45, 7) is -0.594. The first-order chi connectivity index (χ1) is 9.61. The highest BCUT2D eigenvalue weighted by Gasteiger charge is 2.24. The largest absolute Gasteiger partial charge is 0.391 e. The lowest BCUT2D eigenvalue weighted by Gasteiger charge is -1.96. The number of fused-ring (bicyclic) bond motifs is 1. The van der Waals surface area contributed by atoms with E-state index >= 15 is 0 Å². The minimum atomic E-state index is -2.80. The van der Waals surface area contributed by atoms with Gasteiger partial charge in [0.1, 0.15) is 10.8 Å². The van der Waals surface area contributed by atoms with Crippen LogP contribution in [0.3, 0.4) is 0 Å². The van der Waals surface area contributed by atoms with Gasteiger partial charge >= 0.3 is 0 Å². The van der Waals surface area contributed by atoms with Gasteiger partial charge in [0, 0.05) is 5.56 Å². The lowest BCUT2D eigenvalue weighted by Crippen LogP contribution is -1.96. The number of aliphatic hydroxyl groups excluding tert-OH is 1. The summed E-state index contributed by atoms with van der Waals surface area (Å²) >= 11 is 7.30. The van der Waals surface area contributed by atoms with Gasteiger partial charge in [0.15, 0.2) is 0 Å². The van der Waals surface area contributed by atoms with E-state index in [4.69, 9.17) is 16.7 Å². The number of benzene rings is 1. The molecule has 0 aliphatic carbocycles. The van der Waals surface area contributed by atoms with Gasteiger partial charge in [-0.2, -0.15) is 9.78 Å². The Kier molecular flexibility index (Phi) is 3.41. The van der Waals surface area contributed by atoms with Crippen molar-refractivity contribution in [2.75, 3.05) is 0 Å². The molecule has 104 valence electrons. The van der Waals surface area contributed by atoms with Gasteiger partial charge in [-0.1, -0.05) is 35.1 Å². The van der Waals surface area contributed by atoms with E-state index in [9.17, 15) is 8.78 Å². The monoisotopic (exact) mass is 315 g/mol. The average Bonchev–Trinajstić information content (AvgIpc) is 2.98. The minimum absolute atomic E-state index is 0.0399. The highest BCUT2D eigenvalue weighted by atomic mass is 35.5. The molecule has 0 unspecified atom stereocenters. The number of aromatic nitrogens is 3. The zero-order valence-corrected chi connectivity index (χ0v) is 11.5. The van der Waals surface area contributed by atoms with Crippen LogP contribution in [0.4, 0.5) is 8.78 Å². The van der Waals surface area contributed by atoms with E-state index in [-0.39, 0.29) is 10.7 Å². The summed E-state index contributed by atoms with van der Waals surface area (Å²) in [5.41, 5.74) is 0.154. The van der Waals surface area contributed by atoms with Crippen molar-refractivity contribution < 1.29 is 13.9 Å². The fraction of sp³-hybridized carbons (Fsp3) is 0.167. The lowest BCUT2D eigenvalue weighted by molar-refractivity contribution is 0.141. The Morgan fingerprint density at radius 3 is 2.70 bits per heavy atom. The maximum absolute atomic E-state index is 12.9. The van der Waals surface area contributed by atoms with Crippen molar-refractivity contribution in [2.24, 2.45) is 0 Å². The molecular formula is C12H8ClF2N3OS. The van der Waals surface area contributed by atoms with Gasteiger partial charge in [-0.05, 0) is 12.1 Å². The fourth-order valence-electron chi connectivity index (χ4n) is 1.84. The third-order valence-electron chi connectivity index (χ3n) is 2.78. The summed E-state index contributed by atoms with van der Waals surface area (Å²) in [5.74, 6) is 0. The fourth-order valence-corrected chi connectivity index (χ4v) is 3.09. The molecule has 4 nitrogen and oxygen atoms in total. The summed E-state index contributed by atoms with van der Waals surface area (Å²) < 4.78 is 27.8. The first-order valence-electron chi connectivity index (χ1n) is 5.64. The van der Waals surface area contributed by atoms with Crippen molar-refractivity contribution in [1.29, 1.82) is 0 Å². The van der Waals surface area contributed by atoms with Crippen LogP contribution in [-0.2, 0) is 6.61 Å². The molecule has 1 aromatic carbocycles. The molecule has 0 saturated carbocycles. The third-order valence-corrected chi connectivity index (χ3v) is 4.18. The van der Waals surface area contributed by atoms with Crippen LogP contribution in [0.2, 0.25) is 5.15 Å². The number of halogens is 3. The lowest BCUT2D eigenvalue weighted by atomic mass is 10.3. The van der Waals surface area contributed by atoms with E-state index in [0.29, 0.717) is 5.13 Å². The first-order valence-corrected chi connectivity index (χ1v) is 6.83. The molecule has 0 atom stereocenters. The molecule has 20 heavy (non-hydrogen) atoms. The van der Waals surface area contributed by atoms with E-state index in [0.717, 1.165) is 14.9 Å². The first kappa shape index (κ1) is 13.4. The number of para-hydroxylation sites is 1. The number of alkyl halides is 2. The number of aliphatic hydroxyl groups is 1. The number of nitrogens with zero attached hydrogens (tertiary/aromatic N) is 3. The second-order valence-corrected chi connectivity index (χ2v) is 5.36. The van der Waals surface area contributed by atoms with E-state index in [1.165, 1.54) is 11.3 Å². The molecular weight excluding hydrogens is 308 g/mol. The van der Waals surface area contributed by atoms with Crippen molar-refractivity contribution in [3.8, 4) is 5.13 Å². The van der Waals surface area contributed by atoms with Crippen molar-refractivity contribution in [1.82, 2.24) is 14.8 Å². The van der Waals surface area contributed by atoms with Gasteiger partial charge in [0.2, 0.25) is 5.13 Å². The van der Waals surface area contributed by atoms with Gasteiger partial charge in [0.25, 0.3) is 6.43 Å². The topological polar surface area (TPSA) is 50.9 Å². The molecule has 2 heterocycles. The summed E-state index contributed by atoms with van der Waals surface area (Å²) in [6, 6.07) is 7.38. The molecule has 0 spiro atoms. The van der Waals surface area contributed by atoms with E-state index in [1.807, 2.05) is 24.3 Å². The molecule has 0 radical (unpaired) electrons. The molecule has 0 saturated heterocycles. The number of rotatable bonds is 3. The van der Waals surface area contributed by atoms with E-state index in [2.05, 4.69) is 10.1 Å². The van der Waals surface area contributed by atoms with Crippen LogP contribution >= 0.6 is 22.9 Å². The summed E-state index contributed by atoms with van der Waals surface area (Å²) in [7, 11) is 0. The van der Waals surface area contributed by atoms with Crippen molar-refractivity contribution >= 4 is 33.2 Å². The molecule has 2 aromatic heterocycles. The smallest absolute Gasteiger partial charge is 0.282 e. The zero-order chi connectivity index (χ0) is 14.3. The molecule has 0 fully saturated rings. The minimum Gasteiger partial charge on any atom is -0.391 e. The molecule has 0 aliphatic heterocycles. The van der Waals surface area contributed by atoms with Crippen LogP contribution in [0, 0.1) is 0 Å². The van der Waals surface area contributed by atoms with Gasteiger partial charge in [-0.25, -0.2) is 13.8 Å². The summed E-state index contributed by atoms with van der Waals surface area (Å²) in [4.78, 5) is 4.30. The van der Waals surface area contributed by atoms with Crippen LogP contribution in [0.15, 0.2) is 24.3 Å². The van der Waals surface area contributed by atoms with E-state index < -0.39 is 18.7 Å². The Labute approximate surface area is 121 Å². The Hall–Kier alpha value is -1.57. The van der Waals surface area contributed by atoms with E-state index in [1.54, 1.807) is 0 Å². The van der Waals surface area contributed by atoms with Gasteiger partial charge in [0.05, 0.1) is 16.8 Å². The van der Waals surface area contributed by atoms with Crippen LogP contribution in [0.25, 0.3) is 15.3 Å². The molecule has 0 amide bonds. The van der Waals surface area contributed by atoms with Crippen molar-refractivity contribution in [2.45, 2.75) is 13.0 Å². The quantitative estimate of drug-likeness (QED) is 0.804. The maximum atomic E-state index is 12.9. The standard InChI is InChI=1S/C12H8ClF2N3OS/c13-10-6(5-19)9(11(14)15)17-18(10)12-16-7-3-1-2-4-8(7)20-12/h1-4,11,19H,5H2. The summed E-state index contributed by atoms with van der Waals surface area (Å²) in [5, 5.41) is 13.3. The maximum Gasteiger partial charge on any atom is 0.282 e. The van der Waals surface area contributed by atoms with Crippen molar-refractivity contribution in [3.63, 3.8) is 0 Å². The molecule has 3 aromatic rings. The molecule has 0 bridgehead atoms. The van der Waals surface area contributed by atoms with Gasteiger partial charge in [-0.3, -0.25) is 0 Å². The Morgan fingerprint density at radius 2 is 2.10 bits per heavy atom. The normalized spacial score (nSPS) is 11.7. The highest BCUT2D eigenvalue weighted by molar-refractivity contribution is 7.20. The number of thiazole rings is 1. The average molecular weight is 316 g/mol. The third kappa shape index (κ3) is 2.07. The Morgan fingerprint density at radius 1 is 1.35 bits per heavy atom. The predicted molar refractivity (Wildman–Crippen MR) is 72.6 cm³/mol. The zero-order valence-electron chi connectivity index (χ0n) is 9.92. The number of hydrogen-bond donors (Lipinski definition) is 1. The Bertz CT molecular complexity index is 738. The van der Waals surface area contributed by atoms with Gasteiger partial charge in [-0.15, -0.1) is 0 Å². The van der Waals surface area contributed by atoms with Crippen LogP contribution in [0.5, 0.6) is 0 Å². The molecule has 0 aliphatic rings. The number of hydrogen-bond acceptors (Lipinski definition) is 4. The molecule has 8 heteroatoms. The second-order valence-electron chi connectivity index (χ2n) is 3.99. The van der Waals surface area contributed by atoms with Crippen LogP contribution < -0.4 is 0 Å². The summed E-state index contributed by atoms with van der Waals surface area (Å²) in [6.07, 6.45) is -2.80. The molecule has 1 N–H and O–H groups in total. The van der Waals surface area contributed by atoms with Crippen LogP contribution in [-0.4, -0.2) is 19.9 Å². The SMILES string of the molecule is OCc1c(C(F)F)nn(-c2nc3ccccc3s2)c1Cl. The molecule has 3 rings (SSSR count). The highest BCUT2D eigenvalue weighted by Crippen LogP contribution is 2.32. The van der Waals surface area contributed by atoms with Gasteiger partial charge < -0.3 is 5.11 Å². The van der Waals surface area contributed by atoms with Crippen molar-refractivity contribution in [3.05, 3.63) is 40.7 Å². The Balaban J connectivity index is 2.18. The predicted octanol–water partition coefficient (Wildman–Crippen LogP) is 3.57. The second kappa shape index (κ2) is 5.08. The van der Waals surface area contributed by atoms with Crippen LogP contribution in [0.1, 0.15) is 17.7 Å².